The molecule has 2 aromatic rings. The number of piperazine rings is 1. The summed E-state index contributed by atoms with van der Waals surface area (Å²) in [6.07, 6.45) is 1.17. The van der Waals surface area contributed by atoms with Crippen molar-refractivity contribution < 1.29 is 33.7 Å². The van der Waals surface area contributed by atoms with E-state index in [-0.39, 0.29) is 25.6 Å². The summed E-state index contributed by atoms with van der Waals surface area (Å²) < 4.78 is 25.8. The van der Waals surface area contributed by atoms with Crippen LogP contribution in [-0.4, -0.2) is 119 Å². The number of nitrogens with one attached hydrogen (secondary N) is 1. The number of carboxylic acids is 1. The summed E-state index contributed by atoms with van der Waals surface area (Å²) >= 11 is 1.41. The molecule has 1 aromatic heterocycles. The summed E-state index contributed by atoms with van der Waals surface area (Å²) in [5.74, 6) is -1.33. The van der Waals surface area contributed by atoms with Crippen LogP contribution in [0, 0.1) is 18.2 Å². The molecule has 14 heteroatoms. The van der Waals surface area contributed by atoms with Gasteiger partial charge in [0.25, 0.3) is 0 Å². The molecule has 0 spiro atoms. The monoisotopic (exact) mass is 642 g/mol. The van der Waals surface area contributed by atoms with Gasteiger partial charge < -0.3 is 25.0 Å². The maximum atomic E-state index is 14.8. The molecule has 242 valence electrons. The number of amidine groups is 1. The van der Waals surface area contributed by atoms with Crippen molar-refractivity contribution in [2.45, 2.75) is 45.1 Å². The highest BCUT2D eigenvalue weighted by Gasteiger charge is 2.54. The number of carboxylic acid groups (broad SMARTS) is 1. The van der Waals surface area contributed by atoms with Gasteiger partial charge in [0, 0.05) is 68.7 Å². The Kier molecular flexibility index (Phi) is 8.80. The summed E-state index contributed by atoms with van der Waals surface area (Å²) in [4.78, 5) is 41.2. The predicted molar refractivity (Wildman–Crippen MR) is 164 cm³/mol. The zero-order chi connectivity index (χ0) is 31.9. The van der Waals surface area contributed by atoms with Crippen molar-refractivity contribution in [3.8, 4) is 0 Å². The van der Waals surface area contributed by atoms with Gasteiger partial charge in [-0.3, -0.25) is 24.5 Å². The number of thiazole rings is 1. The van der Waals surface area contributed by atoms with Crippen molar-refractivity contribution in [2.75, 3.05) is 59.1 Å². The molecule has 4 unspecified atom stereocenters. The topological polar surface area (TPSA) is 140 Å². The Bertz CT molecular complexity index is 1510. The normalized spacial score (nSPS) is 29.4. The maximum absolute atomic E-state index is 14.8. The molecule has 3 fully saturated rings. The van der Waals surface area contributed by atoms with E-state index >= 15 is 0 Å². The summed E-state index contributed by atoms with van der Waals surface area (Å²) in [7, 11) is 0. The number of aliphatic imine (C=N–C) groups is 1. The molecule has 3 saturated heterocycles. The minimum atomic E-state index is -1.05. The fourth-order valence-corrected chi connectivity index (χ4v) is 7.63. The van der Waals surface area contributed by atoms with E-state index in [0.29, 0.717) is 79.0 Å². The van der Waals surface area contributed by atoms with E-state index in [2.05, 4.69) is 22.1 Å². The average Bonchev–Trinajstić information content (AvgIpc) is 3.75. The summed E-state index contributed by atoms with van der Waals surface area (Å²) in [5, 5.41) is 27.2. The highest BCUT2D eigenvalue weighted by atomic mass is 32.1. The lowest BCUT2D eigenvalue weighted by Crippen LogP contribution is -2.61. The van der Waals surface area contributed by atoms with Gasteiger partial charge in [-0.1, -0.05) is 12.1 Å². The standard InChI is InChI=1S/C31H39FN6O6S/c1-4-44-27(39)23-22(34-25(26-33-9-13-45-26)35-24(23)20-6-5-7-21(32)19(20)2)14-36-10-11-38-29(42)37(16-30(38,3)15-36)17-31(28(40)41)8-12-43-18-31/h5-7,9,13,24,29,42H,4,8,10-12,14-18H2,1-3H3,(H,34,35)(H,40,41). The van der Waals surface area contributed by atoms with Gasteiger partial charge in [-0.05, 0) is 44.4 Å². The van der Waals surface area contributed by atoms with Gasteiger partial charge >= 0.3 is 11.9 Å². The van der Waals surface area contributed by atoms with E-state index in [1.165, 1.54) is 17.4 Å². The number of aromatic nitrogens is 1. The van der Waals surface area contributed by atoms with Crippen LogP contribution in [0.15, 0.2) is 46.0 Å². The minimum Gasteiger partial charge on any atom is -0.481 e. The molecule has 0 bridgehead atoms. The van der Waals surface area contributed by atoms with Gasteiger partial charge in [0.05, 0.1) is 18.8 Å². The number of aliphatic hydroxyl groups is 1. The number of esters is 1. The third kappa shape index (κ3) is 5.90. The van der Waals surface area contributed by atoms with Crippen LogP contribution in [-0.2, 0) is 19.1 Å². The Labute approximate surface area is 265 Å². The van der Waals surface area contributed by atoms with Crippen LogP contribution in [0.2, 0.25) is 0 Å². The van der Waals surface area contributed by atoms with Gasteiger partial charge in [0.1, 0.15) is 17.3 Å². The number of hydrogen-bond acceptors (Lipinski definition) is 12. The van der Waals surface area contributed by atoms with Crippen LogP contribution in [0.3, 0.4) is 0 Å². The molecule has 0 amide bonds. The summed E-state index contributed by atoms with van der Waals surface area (Å²) in [6.45, 7) is 8.83. The number of aliphatic hydroxyl groups excluding tert-OH is 1. The Hall–Kier alpha value is -3.27. The minimum absolute atomic E-state index is 0.125. The number of nitrogens with zero attached hydrogens (tertiary/aromatic N) is 5. The van der Waals surface area contributed by atoms with E-state index in [1.54, 1.807) is 32.2 Å². The van der Waals surface area contributed by atoms with Crippen molar-refractivity contribution in [3.05, 3.63) is 63.0 Å². The first-order valence-corrected chi connectivity index (χ1v) is 16.1. The summed E-state index contributed by atoms with van der Waals surface area (Å²) in [5.41, 5.74) is 0.355. The quantitative estimate of drug-likeness (QED) is 0.346. The summed E-state index contributed by atoms with van der Waals surface area (Å²) in [6, 6.07) is 3.97. The smallest absolute Gasteiger partial charge is 0.338 e. The molecular weight excluding hydrogens is 603 g/mol. The van der Waals surface area contributed by atoms with Crippen LogP contribution < -0.4 is 5.32 Å². The van der Waals surface area contributed by atoms with Gasteiger partial charge in [0.15, 0.2) is 17.2 Å². The number of carbonyl (C=O) groups excluding carboxylic acids is 1. The van der Waals surface area contributed by atoms with Gasteiger partial charge in [-0.2, -0.15) is 0 Å². The predicted octanol–water partition coefficient (Wildman–Crippen LogP) is 1.96. The molecule has 0 aliphatic carbocycles. The molecule has 6 rings (SSSR count). The second-order valence-corrected chi connectivity index (χ2v) is 13.3. The van der Waals surface area contributed by atoms with Gasteiger partial charge in [-0.15, -0.1) is 11.3 Å². The zero-order valence-corrected chi connectivity index (χ0v) is 26.5. The molecule has 3 N–H and O–H groups in total. The number of aliphatic carboxylic acids is 1. The van der Waals surface area contributed by atoms with Crippen molar-refractivity contribution in [3.63, 3.8) is 0 Å². The number of hydrogen-bond donors (Lipinski definition) is 3. The molecule has 4 atom stereocenters. The molecule has 0 radical (unpaired) electrons. The van der Waals surface area contributed by atoms with Crippen LogP contribution in [0.1, 0.15) is 42.4 Å². The van der Waals surface area contributed by atoms with Gasteiger partial charge in [-0.25, -0.2) is 14.2 Å². The first-order valence-electron chi connectivity index (χ1n) is 15.2. The van der Waals surface area contributed by atoms with Gasteiger partial charge in [0.2, 0.25) is 0 Å². The largest absolute Gasteiger partial charge is 0.481 e. The van der Waals surface area contributed by atoms with E-state index < -0.39 is 35.3 Å². The van der Waals surface area contributed by atoms with Crippen molar-refractivity contribution >= 4 is 29.1 Å². The van der Waals surface area contributed by atoms with Crippen LogP contribution in [0.4, 0.5) is 4.39 Å². The molecule has 4 aliphatic heterocycles. The Balaban J connectivity index is 1.30. The SMILES string of the molecule is CCOC(=O)C1=C(CN2CCN3C(O)N(CC4(C(=O)O)CCOC4)CC3(C)C2)NC(c2nccs2)=NC1c1cccc(F)c1C. The number of halogens is 1. The third-order valence-corrected chi connectivity index (χ3v) is 10.1. The average molecular weight is 643 g/mol. The van der Waals surface area contributed by atoms with Crippen LogP contribution >= 0.6 is 11.3 Å². The lowest BCUT2D eigenvalue weighted by atomic mass is 9.86. The molecule has 12 nitrogen and oxygen atoms in total. The number of ether oxygens (including phenoxy) is 2. The van der Waals surface area contributed by atoms with E-state index in [0.717, 1.165) is 0 Å². The van der Waals surface area contributed by atoms with E-state index in [4.69, 9.17) is 14.5 Å². The third-order valence-electron chi connectivity index (χ3n) is 9.37. The first-order chi connectivity index (χ1) is 21.5. The van der Waals surface area contributed by atoms with Crippen LogP contribution in [0.5, 0.6) is 0 Å². The van der Waals surface area contributed by atoms with Crippen LogP contribution in [0.25, 0.3) is 0 Å². The Morgan fingerprint density at radius 2 is 2.11 bits per heavy atom. The molecule has 45 heavy (non-hydrogen) atoms. The molecular formula is C31H39FN6O6S. The second kappa shape index (κ2) is 12.5. The van der Waals surface area contributed by atoms with Crippen molar-refractivity contribution in [2.24, 2.45) is 10.4 Å². The molecule has 5 heterocycles. The van der Waals surface area contributed by atoms with Crippen molar-refractivity contribution in [1.82, 2.24) is 25.0 Å². The first kappa shape index (κ1) is 31.7. The molecule has 4 aliphatic rings. The molecule has 0 saturated carbocycles. The van der Waals surface area contributed by atoms with E-state index in [1.807, 2.05) is 15.2 Å². The zero-order valence-electron chi connectivity index (χ0n) is 25.7. The lowest BCUT2D eigenvalue weighted by Gasteiger charge is -2.45. The number of benzene rings is 1. The van der Waals surface area contributed by atoms with E-state index in [9.17, 15) is 24.2 Å². The number of rotatable bonds is 9. The number of carbonyl (C=O) groups is 2. The molecule has 1 aromatic carbocycles. The Morgan fingerprint density at radius 1 is 1.29 bits per heavy atom. The maximum Gasteiger partial charge on any atom is 0.338 e. The number of fused-ring (bicyclic) bond motifs is 1. The fourth-order valence-electron chi connectivity index (χ4n) is 7.04. The van der Waals surface area contributed by atoms with Crippen molar-refractivity contribution in [1.29, 1.82) is 0 Å². The highest BCUT2D eigenvalue weighted by molar-refractivity contribution is 7.11. The lowest BCUT2D eigenvalue weighted by molar-refractivity contribution is -0.153. The second-order valence-electron chi connectivity index (χ2n) is 12.4. The fraction of sp³-hybridized carbons (Fsp3) is 0.548. The highest BCUT2D eigenvalue weighted by Crippen LogP contribution is 2.39. The Morgan fingerprint density at radius 3 is 2.80 bits per heavy atom.